The number of aryl methyl sites for hydroxylation is 1. The second kappa shape index (κ2) is 6.88. The molecule has 3 aromatic rings. The minimum atomic E-state index is -0.766. The van der Waals surface area contributed by atoms with Crippen LogP contribution in [-0.2, 0) is 0 Å². The number of amides is 2. The van der Waals surface area contributed by atoms with E-state index in [4.69, 9.17) is 10.2 Å². The number of carbonyl (C=O) groups is 2. The molecule has 126 valence electrons. The Bertz CT molecular complexity index is 902. The SMILES string of the molecule is Cc1ccc(C(=O)NNc2oc(-c3ccccc3)nc2C(N)=O)cc1. The fraction of sp³-hybridized carbons (Fsp3) is 0.0556. The van der Waals surface area contributed by atoms with Gasteiger partial charge in [0.05, 0.1) is 0 Å². The van der Waals surface area contributed by atoms with Crippen LogP contribution in [0.25, 0.3) is 11.5 Å². The Morgan fingerprint density at radius 2 is 1.72 bits per heavy atom. The van der Waals surface area contributed by atoms with E-state index >= 15 is 0 Å². The van der Waals surface area contributed by atoms with E-state index < -0.39 is 5.91 Å². The molecule has 2 aromatic carbocycles. The van der Waals surface area contributed by atoms with Crippen LogP contribution in [0.3, 0.4) is 0 Å². The topological polar surface area (TPSA) is 110 Å². The van der Waals surface area contributed by atoms with Gasteiger partial charge in [0.25, 0.3) is 11.8 Å². The number of nitrogens with two attached hydrogens (primary N) is 1. The predicted octanol–water partition coefficient (Wildman–Crippen LogP) is 2.51. The highest BCUT2D eigenvalue weighted by molar-refractivity contribution is 5.97. The number of carbonyl (C=O) groups excluding carboxylic acids is 2. The van der Waals surface area contributed by atoms with Gasteiger partial charge in [-0.2, -0.15) is 0 Å². The first-order chi connectivity index (χ1) is 12.0. The molecule has 25 heavy (non-hydrogen) atoms. The van der Waals surface area contributed by atoms with E-state index in [1.165, 1.54) is 0 Å². The molecule has 2 amide bonds. The van der Waals surface area contributed by atoms with E-state index in [1.807, 2.05) is 37.3 Å². The van der Waals surface area contributed by atoms with Gasteiger partial charge >= 0.3 is 0 Å². The first kappa shape index (κ1) is 16.3. The zero-order valence-corrected chi connectivity index (χ0v) is 13.4. The summed E-state index contributed by atoms with van der Waals surface area (Å²) in [6, 6.07) is 16.1. The van der Waals surface area contributed by atoms with Crippen LogP contribution in [0.1, 0.15) is 26.4 Å². The lowest BCUT2D eigenvalue weighted by atomic mass is 10.1. The van der Waals surface area contributed by atoms with Gasteiger partial charge in [-0.05, 0) is 31.2 Å². The van der Waals surface area contributed by atoms with E-state index in [1.54, 1.807) is 24.3 Å². The van der Waals surface area contributed by atoms with Crippen molar-refractivity contribution < 1.29 is 14.0 Å². The van der Waals surface area contributed by atoms with Crippen LogP contribution >= 0.6 is 0 Å². The summed E-state index contributed by atoms with van der Waals surface area (Å²) in [4.78, 5) is 27.8. The van der Waals surface area contributed by atoms with Crippen molar-refractivity contribution in [2.24, 2.45) is 5.73 Å². The molecule has 4 N–H and O–H groups in total. The van der Waals surface area contributed by atoms with Crippen molar-refractivity contribution in [1.29, 1.82) is 0 Å². The summed E-state index contributed by atoms with van der Waals surface area (Å²) < 4.78 is 5.53. The van der Waals surface area contributed by atoms with Gasteiger partial charge in [-0.3, -0.25) is 20.4 Å². The largest absolute Gasteiger partial charge is 0.418 e. The van der Waals surface area contributed by atoms with Crippen LogP contribution < -0.4 is 16.6 Å². The molecule has 7 heteroatoms. The summed E-state index contributed by atoms with van der Waals surface area (Å²) in [5.74, 6) is -0.945. The molecule has 0 radical (unpaired) electrons. The van der Waals surface area contributed by atoms with Crippen molar-refractivity contribution in [1.82, 2.24) is 10.4 Å². The molecule has 0 fully saturated rings. The molecule has 7 nitrogen and oxygen atoms in total. The summed E-state index contributed by atoms with van der Waals surface area (Å²) in [5.41, 5.74) is 12.5. The summed E-state index contributed by atoms with van der Waals surface area (Å²) >= 11 is 0. The molecule has 0 saturated heterocycles. The van der Waals surface area contributed by atoms with Crippen LogP contribution in [-0.4, -0.2) is 16.8 Å². The number of aromatic nitrogens is 1. The van der Waals surface area contributed by atoms with Gasteiger partial charge in [-0.15, -0.1) is 0 Å². The Labute approximate surface area is 143 Å². The number of primary amides is 1. The Morgan fingerprint density at radius 1 is 1.04 bits per heavy atom. The zero-order valence-electron chi connectivity index (χ0n) is 13.4. The van der Waals surface area contributed by atoms with E-state index in [0.717, 1.165) is 5.56 Å². The second-order valence-corrected chi connectivity index (χ2v) is 5.37. The predicted molar refractivity (Wildman–Crippen MR) is 92.7 cm³/mol. The van der Waals surface area contributed by atoms with E-state index in [2.05, 4.69) is 15.8 Å². The molecule has 0 bridgehead atoms. The molecular weight excluding hydrogens is 320 g/mol. The van der Waals surface area contributed by atoms with E-state index in [-0.39, 0.29) is 23.4 Å². The summed E-state index contributed by atoms with van der Waals surface area (Å²) in [6.07, 6.45) is 0. The molecule has 0 saturated carbocycles. The number of anilines is 1. The van der Waals surface area contributed by atoms with Gasteiger partial charge < -0.3 is 10.2 Å². The molecule has 0 aliphatic heterocycles. The molecule has 0 spiro atoms. The van der Waals surface area contributed by atoms with Crippen LogP contribution in [0.15, 0.2) is 59.0 Å². The lowest BCUT2D eigenvalue weighted by Gasteiger charge is -2.06. The number of hydrazine groups is 1. The minimum absolute atomic E-state index is 0.0215. The standard InChI is InChI=1S/C18H16N4O3/c1-11-7-9-12(10-8-11)16(24)21-22-18-14(15(19)23)20-17(25-18)13-5-3-2-4-6-13/h2-10,22H,1H3,(H2,19,23)(H,21,24). The second-order valence-electron chi connectivity index (χ2n) is 5.37. The Kier molecular flexibility index (Phi) is 4.47. The Hall–Kier alpha value is -3.61. The monoisotopic (exact) mass is 336 g/mol. The maximum atomic E-state index is 12.1. The fourth-order valence-electron chi connectivity index (χ4n) is 2.17. The third kappa shape index (κ3) is 3.66. The lowest BCUT2D eigenvalue weighted by Crippen LogP contribution is -2.30. The van der Waals surface area contributed by atoms with Gasteiger partial charge in [0.1, 0.15) is 0 Å². The molecule has 3 rings (SSSR count). The summed E-state index contributed by atoms with van der Waals surface area (Å²) in [6.45, 7) is 1.93. The molecule has 1 aromatic heterocycles. The number of rotatable bonds is 5. The molecule has 0 atom stereocenters. The molecular formula is C18H16N4O3. The highest BCUT2D eigenvalue weighted by Crippen LogP contribution is 2.24. The van der Waals surface area contributed by atoms with Crippen molar-refractivity contribution >= 4 is 17.7 Å². The Morgan fingerprint density at radius 3 is 2.36 bits per heavy atom. The third-order valence-corrected chi connectivity index (χ3v) is 3.48. The Balaban J connectivity index is 1.79. The number of oxazole rings is 1. The smallest absolute Gasteiger partial charge is 0.273 e. The van der Waals surface area contributed by atoms with Gasteiger partial charge in [0.2, 0.25) is 11.8 Å². The van der Waals surface area contributed by atoms with E-state index in [9.17, 15) is 9.59 Å². The summed E-state index contributed by atoms with van der Waals surface area (Å²) in [7, 11) is 0. The maximum absolute atomic E-state index is 12.1. The van der Waals surface area contributed by atoms with Crippen molar-refractivity contribution in [3.05, 3.63) is 71.4 Å². The van der Waals surface area contributed by atoms with Gasteiger partial charge in [-0.1, -0.05) is 35.9 Å². The fourth-order valence-corrected chi connectivity index (χ4v) is 2.17. The van der Waals surface area contributed by atoms with Crippen molar-refractivity contribution in [3.8, 4) is 11.5 Å². The quantitative estimate of drug-likeness (QED) is 0.620. The molecule has 0 aliphatic rings. The number of nitrogens with zero attached hydrogens (tertiary/aromatic N) is 1. The van der Waals surface area contributed by atoms with Crippen molar-refractivity contribution in [2.45, 2.75) is 6.92 Å². The number of nitrogens with one attached hydrogen (secondary N) is 2. The normalized spacial score (nSPS) is 10.3. The zero-order chi connectivity index (χ0) is 17.8. The van der Waals surface area contributed by atoms with E-state index in [0.29, 0.717) is 11.1 Å². The van der Waals surface area contributed by atoms with Crippen molar-refractivity contribution in [2.75, 3.05) is 5.43 Å². The first-order valence-electron chi connectivity index (χ1n) is 7.53. The minimum Gasteiger partial charge on any atom is -0.418 e. The first-order valence-corrected chi connectivity index (χ1v) is 7.53. The van der Waals surface area contributed by atoms with Crippen LogP contribution in [0.5, 0.6) is 0 Å². The number of hydrogen-bond acceptors (Lipinski definition) is 5. The lowest BCUT2D eigenvalue weighted by molar-refractivity contribution is 0.0957. The molecule has 0 aliphatic carbocycles. The van der Waals surface area contributed by atoms with Gasteiger partial charge in [-0.25, -0.2) is 4.98 Å². The number of benzene rings is 2. The highest BCUT2D eigenvalue weighted by atomic mass is 16.4. The maximum Gasteiger partial charge on any atom is 0.273 e. The molecule has 1 heterocycles. The van der Waals surface area contributed by atoms with Gasteiger partial charge in [0, 0.05) is 11.1 Å². The number of hydrogen-bond donors (Lipinski definition) is 3. The van der Waals surface area contributed by atoms with Crippen LogP contribution in [0.4, 0.5) is 5.88 Å². The van der Waals surface area contributed by atoms with Gasteiger partial charge in [0.15, 0.2) is 5.69 Å². The average molecular weight is 336 g/mol. The summed E-state index contributed by atoms with van der Waals surface area (Å²) in [5, 5.41) is 0. The van der Waals surface area contributed by atoms with Crippen LogP contribution in [0.2, 0.25) is 0 Å². The highest BCUT2D eigenvalue weighted by Gasteiger charge is 2.19. The molecule has 0 unspecified atom stereocenters. The van der Waals surface area contributed by atoms with Crippen molar-refractivity contribution in [3.63, 3.8) is 0 Å². The van der Waals surface area contributed by atoms with Crippen LogP contribution in [0, 0.1) is 6.92 Å². The average Bonchev–Trinajstić information content (AvgIpc) is 3.05. The third-order valence-electron chi connectivity index (χ3n) is 3.48.